The molecule has 2 atom stereocenters. The molecule has 2 aliphatic heterocycles. The van der Waals surface area contributed by atoms with Gasteiger partial charge in [-0.2, -0.15) is 0 Å². The van der Waals surface area contributed by atoms with Crippen LogP contribution in [0.2, 0.25) is 0 Å². The van der Waals surface area contributed by atoms with E-state index in [9.17, 15) is 14.4 Å². The molecule has 0 saturated carbocycles. The van der Waals surface area contributed by atoms with Gasteiger partial charge in [-0.25, -0.2) is 4.79 Å². The van der Waals surface area contributed by atoms with Crippen LogP contribution in [0.5, 0.6) is 0 Å². The molecule has 7 heteroatoms. The SMILES string of the molecule is Cn1c(=O)c(CN2C(=O)NCC(C3CCOC3)C2=O)cc2ccccc21. The van der Waals surface area contributed by atoms with E-state index in [-0.39, 0.29) is 29.8 Å². The molecule has 0 radical (unpaired) electrons. The van der Waals surface area contributed by atoms with E-state index in [1.165, 1.54) is 0 Å². The average molecular weight is 355 g/mol. The summed E-state index contributed by atoms with van der Waals surface area (Å²) in [5.41, 5.74) is 1.05. The van der Waals surface area contributed by atoms with Crippen molar-refractivity contribution in [2.45, 2.75) is 13.0 Å². The van der Waals surface area contributed by atoms with Crippen LogP contribution in [-0.4, -0.2) is 41.2 Å². The number of carbonyl (C=O) groups excluding carboxylic acids is 2. The summed E-state index contributed by atoms with van der Waals surface area (Å²) in [6, 6.07) is 8.87. The van der Waals surface area contributed by atoms with Gasteiger partial charge in [0.1, 0.15) is 0 Å². The number of para-hydroxylation sites is 1. The number of rotatable bonds is 3. The van der Waals surface area contributed by atoms with Gasteiger partial charge in [-0.3, -0.25) is 14.5 Å². The number of imide groups is 1. The number of aromatic nitrogens is 1. The molecule has 1 aromatic carbocycles. The number of pyridine rings is 1. The predicted molar refractivity (Wildman–Crippen MR) is 95.6 cm³/mol. The van der Waals surface area contributed by atoms with Crippen LogP contribution in [0, 0.1) is 11.8 Å². The molecular formula is C19H21N3O4. The maximum Gasteiger partial charge on any atom is 0.324 e. The van der Waals surface area contributed by atoms with Crippen LogP contribution in [0.15, 0.2) is 35.1 Å². The van der Waals surface area contributed by atoms with Crippen molar-refractivity contribution in [2.24, 2.45) is 18.9 Å². The zero-order chi connectivity index (χ0) is 18.3. The number of amides is 3. The van der Waals surface area contributed by atoms with Gasteiger partial charge in [0.05, 0.1) is 24.6 Å². The minimum absolute atomic E-state index is 0.0216. The lowest BCUT2D eigenvalue weighted by Gasteiger charge is -2.33. The van der Waals surface area contributed by atoms with Crippen molar-refractivity contribution in [3.05, 3.63) is 46.2 Å². The third kappa shape index (κ3) is 2.78. The minimum atomic E-state index is -0.444. The number of hydrogen-bond acceptors (Lipinski definition) is 4. The van der Waals surface area contributed by atoms with Gasteiger partial charge in [0, 0.05) is 25.8 Å². The largest absolute Gasteiger partial charge is 0.381 e. The molecule has 4 rings (SSSR count). The van der Waals surface area contributed by atoms with E-state index in [1.807, 2.05) is 24.3 Å². The summed E-state index contributed by atoms with van der Waals surface area (Å²) in [7, 11) is 1.70. The summed E-state index contributed by atoms with van der Waals surface area (Å²) >= 11 is 0. The molecule has 7 nitrogen and oxygen atoms in total. The molecule has 3 amide bonds. The highest BCUT2D eigenvalue weighted by molar-refractivity contribution is 5.98. The van der Waals surface area contributed by atoms with E-state index in [0.29, 0.717) is 25.3 Å². The summed E-state index contributed by atoms with van der Waals surface area (Å²) in [5, 5.41) is 3.68. The molecule has 0 aliphatic carbocycles. The first-order chi connectivity index (χ1) is 12.6. The van der Waals surface area contributed by atoms with Crippen molar-refractivity contribution in [3.8, 4) is 0 Å². The Bertz CT molecular complexity index is 930. The van der Waals surface area contributed by atoms with Gasteiger partial charge in [0.25, 0.3) is 5.56 Å². The predicted octanol–water partition coefficient (Wildman–Crippen LogP) is 1.24. The number of nitrogens with one attached hydrogen (secondary N) is 1. The smallest absolute Gasteiger partial charge is 0.324 e. The Morgan fingerprint density at radius 1 is 1.23 bits per heavy atom. The average Bonchev–Trinajstić information content (AvgIpc) is 3.17. The summed E-state index contributed by atoms with van der Waals surface area (Å²) in [6.07, 6.45) is 0.817. The van der Waals surface area contributed by atoms with Gasteiger partial charge in [-0.1, -0.05) is 18.2 Å². The lowest BCUT2D eigenvalue weighted by atomic mass is 9.89. The normalized spacial score (nSPS) is 23.5. The maximum absolute atomic E-state index is 12.9. The first kappa shape index (κ1) is 16.8. The lowest BCUT2D eigenvalue weighted by molar-refractivity contribution is -0.136. The molecule has 26 heavy (non-hydrogen) atoms. The van der Waals surface area contributed by atoms with E-state index in [2.05, 4.69) is 5.32 Å². The van der Waals surface area contributed by atoms with Crippen LogP contribution in [-0.2, 0) is 23.1 Å². The van der Waals surface area contributed by atoms with Crippen molar-refractivity contribution in [1.82, 2.24) is 14.8 Å². The van der Waals surface area contributed by atoms with E-state index in [1.54, 1.807) is 17.7 Å². The van der Waals surface area contributed by atoms with Crippen molar-refractivity contribution < 1.29 is 14.3 Å². The monoisotopic (exact) mass is 355 g/mol. The van der Waals surface area contributed by atoms with Crippen LogP contribution in [0.1, 0.15) is 12.0 Å². The molecule has 2 unspecified atom stereocenters. The summed E-state index contributed by atoms with van der Waals surface area (Å²) in [6.45, 7) is 1.50. The second-order valence-electron chi connectivity index (χ2n) is 6.93. The number of carbonyl (C=O) groups is 2. The molecule has 1 aromatic heterocycles. The quantitative estimate of drug-likeness (QED) is 0.898. The Hall–Kier alpha value is -2.67. The van der Waals surface area contributed by atoms with E-state index >= 15 is 0 Å². The Labute approximate surface area is 150 Å². The van der Waals surface area contributed by atoms with Crippen LogP contribution in [0.3, 0.4) is 0 Å². The summed E-state index contributed by atoms with van der Waals surface area (Å²) < 4.78 is 6.94. The van der Waals surface area contributed by atoms with E-state index in [4.69, 9.17) is 4.74 Å². The van der Waals surface area contributed by atoms with Crippen molar-refractivity contribution in [3.63, 3.8) is 0 Å². The Kier molecular flexibility index (Phi) is 4.24. The van der Waals surface area contributed by atoms with Gasteiger partial charge in [0.2, 0.25) is 5.91 Å². The number of hydrogen-bond donors (Lipinski definition) is 1. The third-order valence-corrected chi connectivity index (χ3v) is 5.37. The maximum atomic E-state index is 12.9. The summed E-state index contributed by atoms with van der Waals surface area (Å²) in [4.78, 5) is 39.0. The zero-order valence-corrected chi connectivity index (χ0v) is 14.6. The van der Waals surface area contributed by atoms with Crippen molar-refractivity contribution >= 4 is 22.8 Å². The Morgan fingerprint density at radius 3 is 2.81 bits per heavy atom. The molecule has 0 bridgehead atoms. The number of urea groups is 1. The molecule has 3 heterocycles. The molecular weight excluding hydrogens is 334 g/mol. The number of benzene rings is 1. The summed E-state index contributed by atoms with van der Waals surface area (Å²) in [5.74, 6) is -0.399. The van der Waals surface area contributed by atoms with E-state index < -0.39 is 6.03 Å². The molecule has 1 N–H and O–H groups in total. The second-order valence-corrected chi connectivity index (χ2v) is 6.93. The number of aryl methyl sites for hydroxylation is 1. The van der Waals surface area contributed by atoms with Crippen molar-refractivity contribution in [2.75, 3.05) is 19.8 Å². The minimum Gasteiger partial charge on any atom is -0.381 e. The molecule has 2 fully saturated rings. The highest BCUT2D eigenvalue weighted by Crippen LogP contribution is 2.26. The van der Waals surface area contributed by atoms with Crippen LogP contribution >= 0.6 is 0 Å². The van der Waals surface area contributed by atoms with Gasteiger partial charge < -0.3 is 14.6 Å². The van der Waals surface area contributed by atoms with Crippen LogP contribution < -0.4 is 10.9 Å². The molecule has 136 valence electrons. The topological polar surface area (TPSA) is 80.6 Å². The fourth-order valence-corrected chi connectivity index (χ4v) is 3.84. The second kappa shape index (κ2) is 6.57. The zero-order valence-electron chi connectivity index (χ0n) is 14.6. The first-order valence-electron chi connectivity index (χ1n) is 8.81. The van der Waals surface area contributed by atoms with Gasteiger partial charge in [-0.05, 0) is 29.9 Å². The highest BCUT2D eigenvalue weighted by Gasteiger charge is 2.40. The van der Waals surface area contributed by atoms with Gasteiger partial charge >= 0.3 is 6.03 Å². The molecule has 2 aliphatic rings. The fourth-order valence-electron chi connectivity index (χ4n) is 3.84. The van der Waals surface area contributed by atoms with Crippen LogP contribution in [0.25, 0.3) is 10.9 Å². The van der Waals surface area contributed by atoms with Gasteiger partial charge in [-0.15, -0.1) is 0 Å². The first-order valence-corrected chi connectivity index (χ1v) is 8.81. The Balaban J connectivity index is 1.66. The fraction of sp³-hybridized carbons (Fsp3) is 0.421. The molecule has 2 saturated heterocycles. The number of fused-ring (bicyclic) bond motifs is 1. The number of nitrogens with zero attached hydrogens (tertiary/aromatic N) is 2. The molecule has 0 spiro atoms. The number of ether oxygens (including phenoxy) is 1. The van der Waals surface area contributed by atoms with Gasteiger partial charge in [0.15, 0.2) is 0 Å². The van der Waals surface area contributed by atoms with E-state index in [0.717, 1.165) is 22.2 Å². The van der Waals surface area contributed by atoms with Crippen molar-refractivity contribution in [1.29, 1.82) is 0 Å². The Morgan fingerprint density at radius 2 is 2.04 bits per heavy atom. The lowest BCUT2D eigenvalue weighted by Crippen LogP contribution is -2.56. The highest BCUT2D eigenvalue weighted by atomic mass is 16.5. The van der Waals surface area contributed by atoms with Crippen LogP contribution in [0.4, 0.5) is 4.79 Å². The molecule has 2 aromatic rings. The third-order valence-electron chi connectivity index (χ3n) is 5.37. The standard InChI is InChI=1S/C19H21N3O4/c1-21-16-5-3-2-4-12(16)8-14(17(21)23)10-22-18(24)15(9-20-19(22)25)13-6-7-26-11-13/h2-5,8,13,15H,6-7,9-11H2,1H3,(H,20,25).